The molecule has 2 N–H and O–H groups in total. The summed E-state index contributed by atoms with van der Waals surface area (Å²) >= 11 is 6.38. The Hall–Kier alpha value is -3.44. The maximum Gasteiger partial charge on any atom is 0.426 e. The number of halogens is 5. The standard InChI is InChI=1S/C22H16ClF4N3O4/c1-2-21(32,22(25,26)27)19-29-30-20(34-19)28-10-12-7-17-15(8-16(12)23)14(9-18(31)33-17)11-3-5-13(24)6-4-11/h3-9,32H,2,10H2,1H3,(H,28,30). The zero-order valence-electron chi connectivity index (χ0n) is 17.4. The van der Waals surface area contributed by atoms with E-state index >= 15 is 0 Å². The number of nitrogens with one attached hydrogen (secondary N) is 1. The highest BCUT2D eigenvalue weighted by Crippen LogP contribution is 2.41. The van der Waals surface area contributed by atoms with E-state index < -0.39 is 35.5 Å². The van der Waals surface area contributed by atoms with Crippen molar-refractivity contribution in [3.8, 4) is 11.1 Å². The number of benzene rings is 2. The number of aromatic nitrogens is 2. The van der Waals surface area contributed by atoms with Crippen molar-refractivity contribution < 1.29 is 31.5 Å². The lowest BCUT2D eigenvalue weighted by Crippen LogP contribution is -2.42. The monoisotopic (exact) mass is 497 g/mol. The average Bonchev–Trinajstić information content (AvgIpc) is 3.26. The first-order valence-electron chi connectivity index (χ1n) is 9.91. The second-order valence-electron chi connectivity index (χ2n) is 7.40. The topological polar surface area (TPSA) is 101 Å². The van der Waals surface area contributed by atoms with Gasteiger partial charge in [-0.1, -0.05) is 35.8 Å². The summed E-state index contributed by atoms with van der Waals surface area (Å²) in [5, 5.41) is 20.1. The Morgan fingerprint density at radius 1 is 1.09 bits per heavy atom. The smallest absolute Gasteiger partial charge is 0.423 e. The second kappa shape index (κ2) is 8.73. The molecular formula is C22H16ClF4N3O4. The third-order valence-electron chi connectivity index (χ3n) is 5.26. The van der Waals surface area contributed by atoms with Gasteiger partial charge in [0.15, 0.2) is 0 Å². The molecule has 178 valence electrons. The summed E-state index contributed by atoms with van der Waals surface area (Å²) in [4.78, 5) is 12.1. The van der Waals surface area contributed by atoms with Gasteiger partial charge in [-0.05, 0) is 47.4 Å². The molecular weight excluding hydrogens is 482 g/mol. The molecule has 7 nitrogen and oxygen atoms in total. The minimum Gasteiger partial charge on any atom is -0.423 e. The zero-order chi connectivity index (χ0) is 24.7. The molecule has 2 heterocycles. The van der Waals surface area contributed by atoms with E-state index in [4.69, 9.17) is 20.4 Å². The van der Waals surface area contributed by atoms with Crippen molar-refractivity contribution in [3.63, 3.8) is 0 Å². The third-order valence-corrected chi connectivity index (χ3v) is 5.61. The van der Waals surface area contributed by atoms with Crippen molar-refractivity contribution in [1.82, 2.24) is 10.2 Å². The summed E-state index contributed by atoms with van der Waals surface area (Å²) in [6, 6.07) is 9.46. The molecule has 0 fully saturated rings. The van der Waals surface area contributed by atoms with Gasteiger partial charge in [0, 0.05) is 23.0 Å². The lowest BCUT2D eigenvalue weighted by atomic mass is 10.0. The van der Waals surface area contributed by atoms with Crippen molar-refractivity contribution in [2.24, 2.45) is 0 Å². The first-order valence-corrected chi connectivity index (χ1v) is 10.3. The van der Waals surface area contributed by atoms with Crippen LogP contribution in [0.1, 0.15) is 24.8 Å². The molecule has 2 aromatic carbocycles. The maximum absolute atomic E-state index is 13.3. The van der Waals surface area contributed by atoms with Crippen LogP contribution in [0.4, 0.5) is 23.6 Å². The number of anilines is 1. The fourth-order valence-electron chi connectivity index (χ4n) is 3.33. The highest BCUT2D eigenvalue weighted by Gasteiger charge is 2.57. The van der Waals surface area contributed by atoms with Gasteiger partial charge in [0.2, 0.25) is 5.60 Å². The van der Waals surface area contributed by atoms with Crippen LogP contribution in [0.25, 0.3) is 22.1 Å². The number of rotatable bonds is 6. The van der Waals surface area contributed by atoms with E-state index in [1.54, 1.807) is 6.07 Å². The number of aliphatic hydroxyl groups is 1. The van der Waals surface area contributed by atoms with Crippen LogP contribution in [-0.4, -0.2) is 21.5 Å². The second-order valence-corrected chi connectivity index (χ2v) is 7.81. The number of hydrogen-bond acceptors (Lipinski definition) is 7. The summed E-state index contributed by atoms with van der Waals surface area (Å²) in [7, 11) is 0. The van der Waals surface area contributed by atoms with Crippen LogP contribution in [0.3, 0.4) is 0 Å². The Morgan fingerprint density at radius 2 is 1.79 bits per heavy atom. The SMILES string of the molecule is CCC(O)(c1nnc(NCc2cc3oc(=O)cc(-c4ccc(F)cc4)c3cc2Cl)o1)C(F)(F)F. The number of hydrogen-bond donors (Lipinski definition) is 2. The van der Waals surface area contributed by atoms with Crippen LogP contribution in [-0.2, 0) is 12.1 Å². The number of nitrogens with zero attached hydrogens (tertiary/aromatic N) is 2. The molecule has 34 heavy (non-hydrogen) atoms. The van der Waals surface area contributed by atoms with Crippen molar-refractivity contribution in [2.75, 3.05) is 5.32 Å². The molecule has 0 saturated carbocycles. The first kappa shape index (κ1) is 23.7. The van der Waals surface area contributed by atoms with Crippen LogP contribution in [0.15, 0.2) is 56.1 Å². The van der Waals surface area contributed by atoms with Crippen LogP contribution < -0.4 is 10.9 Å². The van der Waals surface area contributed by atoms with E-state index in [0.29, 0.717) is 22.1 Å². The van der Waals surface area contributed by atoms with Gasteiger partial charge in [0.25, 0.3) is 5.89 Å². The van der Waals surface area contributed by atoms with E-state index in [2.05, 4.69) is 15.5 Å². The fraction of sp³-hybridized carbons (Fsp3) is 0.227. The van der Waals surface area contributed by atoms with E-state index in [0.717, 1.165) is 6.92 Å². The van der Waals surface area contributed by atoms with Crippen LogP contribution in [0.2, 0.25) is 5.02 Å². The van der Waals surface area contributed by atoms with E-state index in [1.807, 2.05) is 0 Å². The Morgan fingerprint density at radius 3 is 2.44 bits per heavy atom. The van der Waals surface area contributed by atoms with Gasteiger partial charge in [0.1, 0.15) is 11.4 Å². The van der Waals surface area contributed by atoms with Gasteiger partial charge < -0.3 is 19.3 Å². The van der Waals surface area contributed by atoms with E-state index in [1.165, 1.54) is 36.4 Å². The molecule has 0 radical (unpaired) electrons. The van der Waals surface area contributed by atoms with E-state index in [-0.39, 0.29) is 23.2 Å². The molecule has 0 aliphatic rings. The lowest BCUT2D eigenvalue weighted by molar-refractivity contribution is -0.275. The van der Waals surface area contributed by atoms with Crippen LogP contribution >= 0.6 is 11.6 Å². The van der Waals surface area contributed by atoms with E-state index in [9.17, 15) is 27.5 Å². The van der Waals surface area contributed by atoms with Crippen LogP contribution in [0, 0.1) is 5.82 Å². The van der Waals surface area contributed by atoms with Gasteiger partial charge in [0.05, 0.1) is 0 Å². The van der Waals surface area contributed by atoms with Crippen molar-refractivity contribution in [2.45, 2.75) is 31.7 Å². The molecule has 1 atom stereocenters. The summed E-state index contributed by atoms with van der Waals surface area (Å²) in [6.45, 7) is 1.06. The molecule has 0 saturated heterocycles. The molecule has 0 amide bonds. The average molecular weight is 498 g/mol. The quantitative estimate of drug-likeness (QED) is 0.271. The highest BCUT2D eigenvalue weighted by molar-refractivity contribution is 6.32. The minimum atomic E-state index is -5.01. The fourth-order valence-corrected chi connectivity index (χ4v) is 3.56. The van der Waals surface area contributed by atoms with Gasteiger partial charge >= 0.3 is 17.8 Å². The van der Waals surface area contributed by atoms with Crippen molar-refractivity contribution >= 4 is 28.6 Å². The number of alkyl halides is 3. The highest BCUT2D eigenvalue weighted by atomic mass is 35.5. The molecule has 4 rings (SSSR count). The van der Waals surface area contributed by atoms with Gasteiger partial charge in [-0.3, -0.25) is 0 Å². The van der Waals surface area contributed by atoms with Crippen molar-refractivity contribution in [1.29, 1.82) is 0 Å². The first-order chi connectivity index (χ1) is 16.0. The molecule has 0 aliphatic heterocycles. The molecule has 12 heteroatoms. The summed E-state index contributed by atoms with van der Waals surface area (Å²) in [6.07, 6.45) is -5.73. The summed E-state index contributed by atoms with van der Waals surface area (Å²) < 4.78 is 63.1. The normalized spacial score (nSPS) is 13.7. The predicted octanol–water partition coefficient (Wildman–Crippen LogP) is 5.41. The Labute approximate surface area is 194 Å². The predicted molar refractivity (Wildman–Crippen MR) is 115 cm³/mol. The minimum absolute atomic E-state index is 0.0720. The largest absolute Gasteiger partial charge is 0.426 e. The van der Waals surface area contributed by atoms with Gasteiger partial charge in [-0.2, -0.15) is 13.2 Å². The van der Waals surface area contributed by atoms with Crippen molar-refractivity contribution in [3.05, 3.63) is 75.2 Å². The number of fused-ring (bicyclic) bond motifs is 1. The maximum atomic E-state index is 13.3. The van der Waals surface area contributed by atoms with Crippen LogP contribution in [0.5, 0.6) is 0 Å². The Balaban J connectivity index is 1.63. The lowest BCUT2D eigenvalue weighted by Gasteiger charge is -2.25. The summed E-state index contributed by atoms with van der Waals surface area (Å²) in [5.74, 6) is -1.43. The molecule has 0 bridgehead atoms. The third kappa shape index (κ3) is 4.36. The summed E-state index contributed by atoms with van der Waals surface area (Å²) in [5.41, 5.74) is -2.25. The van der Waals surface area contributed by atoms with Gasteiger partial charge in [-0.25, -0.2) is 9.18 Å². The zero-order valence-corrected chi connectivity index (χ0v) is 18.2. The molecule has 0 spiro atoms. The van der Waals surface area contributed by atoms with Gasteiger partial charge in [-0.15, -0.1) is 5.10 Å². The molecule has 4 aromatic rings. The molecule has 1 unspecified atom stereocenters. The Bertz CT molecular complexity index is 1400. The Kier molecular flexibility index (Phi) is 6.09. The molecule has 2 aromatic heterocycles. The molecule has 0 aliphatic carbocycles.